The van der Waals surface area contributed by atoms with E-state index in [1.54, 1.807) is 7.11 Å². The van der Waals surface area contributed by atoms with E-state index in [9.17, 15) is 4.79 Å². The van der Waals surface area contributed by atoms with Crippen molar-refractivity contribution in [2.45, 2.75) is 19.9 Å². The summed E-state index contributed by atoms with van der Waals surface area (Å²) in [6, 6.07) is 8.30. The van der Waals surface area contributed by atoms with Crippen molar-refractivity contribution < 1.29 is 9.53 Å². The molecule has 1 aromatic carbocycles. The number of fused-ring (bicyclic) bond motifs is 1. The molecule has 0 bridgehead atoms. The Morgan fingerprint density at radius 1 is 1.37 bits per heavy atom. The zero-order valence-corrected chi connectivity index (χ0v) is 11.5. The first-order chi connectivity index (χ1) is 9.26. The molecule has 0 unspecified atom stereocenters. The summed E-state index contributed by atoms with van der Waals surface area (Å²) < 4.78 is 6.92. The second-order valence-corrected chi connectivity index (χ2v) is 4.49. The number of carbonyl (C=O) groups excluding carboxylic acids is 1. The number of aryl methyl sites for hydroxylation is 1. The quantitative estimate of drug-likeness (QED) is 0.807. The fourth-order valence-electron chi connectivity index (χ4n) is 2.26. The zero-order chi connectivity index (χ0) is 13.7. The number of ether oxygens (including phenoxy) is 1. The lowest BCUT2D eigenvalue weighted by molar-refractivity contribution is -0.121. The van der Waals surface area contributed by atoms with Crippen LogP contribution in [0.3, 0.4) is 0 Å². The molecular weight excluding hydrogens is 240 g/mol. The topological polar surface area (TPSA) is 43.3 Å². The Hall–Kier alpha value is -1.81. The van der Waals surface area contributed by atoms with Crippen LogP contribution in [0.25, 0.3) is 10.9 Å². The summed E-state index contributed by atoms with van der Waals surface area (Å²) in [6.07, 6.45) is 2.94. The fourth-order valence-corrected chi connectivity index (χ4v) is 2.26. The summed E-state index contributed by atoms with van der Waals surface area (Å²) in [7, 11) is 1.62. The van der Waals surface area contributed by atoms with Gasteiger partial charge in [-0.25, -0.2) is 0 Å². The third-order valence-electron chi connectivity index (χ3n) is 3.20. The Morgan fingerprint density at radius 2 is 2.21 bits per heavy atom. The monoisotopic (exact) mass is 260 g/mol. The van der Waals surface area contributed by atoms with E-state index in [0.717, 1.165) is 11.9 Å². The summed E-state index contributed by atoms with van der Waals surface area (Å²) in [5, 5.41) is 4.02. The summed E-state index contributed by atoms with van der Waals surface area (Å²) >= 11 is 0. The summed E-state index contributed by atoms with van der Waals surface area (Å²) in [5.41, 5.74) is 2.43. The Kier molecular flexibility index (Phi) is 4.58. The molecule has 0 saturated heterocycles. The minimum atomic E-state index is 0.0143. The van der Waals surface area contributed by atoms with Gasteiger partial charge in [0.05, 0.1) is 12.1 Å². The van der Waals surface area contributed by atoms with Crippen molar-refractivity contribution >= 4 is 16.8 Å². The van der Waals surface area contributed by atoms with Crippen molar-refractivity contribution in [2.75, 3.05) is 20.3 Å². The molecule has 0 aliphatic heterocycles. The standard InChI is InChI=1S/C15H20N2O2/c1-3-12-5-4-6-13-7-9-17(15(12)13)11-14(18)16-8-10-19-2/h4-7,9H,3,8,10-11H2,1-2H3,(H,16,18). The molecule has 2 rings (SSSR count). The van der Waals surface area contributed by atoms with Crippen LogP contribution >= 0.6 is 0 Å². The molecule has 0 aliphatic carbocycles. The molecule has 0 saturated carbocycles. The highest BCUT2D eigenvalue weighted by Crippen LogP contribution is 2.20. The molecule has 0 spiro atoms. The van der Waals surface area contributed by atoms with Gasteiger partial charge in [-0.05, 0) is 23.4 Å². The molecule has 0 aliphatic rings. The van der Waals surface area contributed by atoms with Crippen molar-refractivity contribution in [1.29, 1.82) is 0 Å². The first-order valence-electron chi connectivity index (χ1n) is 6.58. The van der Waals surface area contributed by atoms with Crippen molar-refractivity contribution in [1.82, 2.24) is 9.88 Å². The van der Waals surface area contributed by atoms with Crippen LogP contribution < -0.4 is 5.32 Å². The molecule has 0 fully saturated rings. The van der Waals surface area contributed by atoms with Crippen LogP contribution in [0.2, 0.25) is 0 Å². The van der Waals surface area contributed by atoms with E-state index in [0.29, 0.717) is 19.7 Å². The third kappa shape index (κ3) is 3.15. The Morgan fingerprint density at radius 3 is 2.95 bits per heavy atom. The lowest BCUT2D eigenvalue weighted by atomic mass is 10.1. The lowest BCUT2D eigenvalue weighted by Crippen LogP contribution is -2.30. The SMILES string of the molecule is CCc1cccc2ccn(CC(=O)NCCOC)c12. The minimum Gasteiger partial charge on any atom is -0.383 e. The number of nitrogens with zero attached hydrogens (tertiary/aromatic N) is 1. The predicted molar refractivity (Wildman–Crippen MR) is 76.2 cm³/mol. The lowest BCUT2D eigenvalue weighted by Gasteiger charge is -2.09. The number of benzene rings is 1. The molecule has 1 heterocycles. The van der Waals surface area contributed by atoms with Gasteiger partial charge in [-0.15, -0.1) is 0 Å². The number of hydrogen-bond donors (Lipinski definition) is 1. The minimum absolute atomic E-state index is 0.0143. The maximum atomic E-state index is 11.8. The van der Waals surface area contributed by atoms with Crippen LogP contribution in [-0.2, 0) is 22.5 Å². The average molecular weight is 260 g/mol. The largest absolute Gasteiger partial charge is 0.383 e. The highest BCUT2D eigenvalue weighted by Gasteiger charge is 2.08. The van der Waals surface area contributed by atoms with Crippen LogP contribution in [0.4, 0.5) is 0 Å². The maximum absolute atomic E-state index is 11.8. The van der Waals surface area contributed by atoms with E-state index in [2.05, 4.69) is 36.5 Å². The number of hydrogen-bond acceptors (Lipinski definition) is 2. The molecule has 0 radical (unpaired) electrons. The van der Waals surface area contributed by atoms with Crippen molar-refractivity contribution in [3.63, 3.8) is 0 Å². The molecule has 4 heteroatoms. The number of carbonyl (C=O) groups is 1. The molecule has 1 aromatic heterocycles. The Labute approximate surface area is 113 Å². The average Bonchev–Trinajstić information content (AvgIpc) is 2.82. The molecule has 2 aromatic rings. The normalized spacial score (nSPS) is 10.8. The molecule has 102 valence electrons. The van der Waals surface area contributed by atoms with Gasteiger partial charge in [-0.1, -0.05) is 25.1 Å². The van der Waals surface area contributed by atoms with Crippen molar-refractivity contribution in [3.8, 4) is 0 Å². The molecule has 1 N–H and O–H groups in total. The van der Waals surface area contributed by atoms with Gasteiger partial charge in [-0.2, -0.15) is 0 Å². The van der Waals surface area contributed by atoms with Crippen molar-refractivity contribution in [2.24, 2.45) is 0 Å². The van der Waals surface area contributed by atoms with Crippen LogP contribution in [0.1, 0.15) is 12.5 Å². The van der Waals surface area contributed by atoms with Gasteiger partial charge in [0.15, 0.2) is 0 Å². The van der Waals surface area contributed by atoms with E-state index in [1.807, 2.05) is 10.8 Å². The third-order valence-corrected chi connectivity index (χ3v) is 3.20. The number of para-hydroxylation sites is 1. The second-order valence-electron chi connectivity index (χ2n) is 4.49. The second kappa shape index (κ2) is 6.38. The smallest absolute Gasteiger partial charge is 0.240 e. The number of methoxy groups -OCH3 is 1. The number of nitrogens with one attached hydrogen (secondary N) is 1. The number of rotatable bonds is 6. The summed E-state index contributed by atoms with van der Waals surface area (Å²) in [6.45, 7) is 3.57. The van der Waals surface area contributed by atoms with Gasteiger partial charge in [0.25, 0.3) is 0 Å². The molecular formula is C15H20N2O2. The summed E-state index contributed by atoms with van der Waals surface area (Å²) in [5.74, 6) is 0.0143. The molecule has 0 atom stereocenters. The molecule has 4 nitrogen and oxygen atoms in total. The van der Waals surface area contributed by atoms with Crippen LogP contribution in [-0.4, -0.2) is 30.7 Å². The van der Waals surface area contributed by atoms with Gasteiger partial charge >= 0.3 is 0 Å². The maximum Gasteiger partial charge on any atom is 0.240 e. The van der Waals surface area contributed by atoms with Gasteiger partial charge < -0.3 is 14.6 Å². The predicted octanol–water partition coefficient (Wildman–Crippen LogP) is 1.97. The highest BCUT2D eigenvalue weighted by molar-refractivity contribution is 5.85. The first kappa shape index (κ1) is 13.6. The molecule has 19 heavy (non-hydrogen) atoms. The van der Waals surface area contributed by atoms with Gasteiger partial charge in [0, 0.05) is 19.9 Å². The zero-order valence-electron chi connectivity index (χ0n) is 11.5. The van der Waals surface area contributed by atoms with Crippen LogP contribution in [0.5, 0.6) is 0 Å². The Bertz CT molecular complexity index is 560. The summed E-state index contributed by atoms with van der Waals surface area (Å²) in [4.78, 5) is 11.8. The highest BCUT2D eigenvalue weighted by atomic mass is 16.5. The fraction of sp³-hybridized carbons (Fsp3) is 0.400. The van der Waals surface area contributed by atoms with Crippen molar-refractivity contribution in [3.05, 3.63) is 36.0 Å². The number of aromatic nitrogens is 1. The van der Waals surface area contributed by atoms with Crippen LogP contribution in [0.15, 0.2) is 30.5 Å². The van der Waals surface area contributed by atoms with E-state index in [-0.39, 0.29) is 5.91 Å². The van der Waals surface area contributed by atoms with Gasteiger partial charge in [0.1, 0.15) is 6.54 Å². The first-order valence-corrected chi connectivity index (χ1v) is 6.58. The number of amides is 1. The molecule has 1 amide bonds. The Balaban J connectivity index is 2.14. The van der Waals surface area contributed by atoms with Gasteiger partial charge in [0.2, 0.25) is 5.91 Å². The van der Waals surface area contributed by atoms with E-state index >= 15 is 0 Å². The van der Waals surface area contributed by atoms with E-state index in [4.69, 9.17) is 4.74 Å². The van der Waals surface area contributed by atoms with E-state index < -0.39 is 0 Å². The van der Waals surface area contributed by atoms with Gasteiger partial charge in [-0.3, -0.25) is 4.79 Å². The van der Waals surface area contributed by atoms with E-state index in [1.165, 1.54) is 10.9 Å². The van der Waals surface area contributed by atoms with Crippen LogP contribution in [0, 0.1) is 0 Å².